The molecule has 1 aromatic carbocycles. The second-order valence-electron chi connectivity index (χ2n) is 4.58. The highest BCUT2D eigenvalue weighted by Crippen LogP contribution is 2.36. The summed E-state index contributed by atoms with van der Waals surface area (Å²) in [6, 6.07) is 3.96. The summed E-state index contributed by atoms with van der Waals surface area (Å²) in [7, 11) is 1.79. The van der Waals surface area contributed by atoms with Gasteiger partial charge in [0.25, 0.3) is 5.91 Å². The van der Waals surface area contributed by atoms with Gasteiger partial charge < -0.3 is 15.4 Å². The van der Waals surface area contributed by atoms with Crippen LogP contribution in [0.5, 0.6) is 5.75 Å². The number of hydrogen-bond donors (Lipinski definition) is 1. The first kappa shape index (κ1) is 14.8. The minimum Gasteiger partial charge on any atom is -0.478 e. The predicted molar refractivity (Wildman–Crippen MR) is 81.3 cm³/mol. The average molecular weight is 392 g/mol. The van der Waals surface area contributed by atoms with E-state index >= 15 is 0 Å². The summed E-state index contributed by atoms with van der Waals surface area (Å²) < 4.78 is 7.52. The number of amides is 1. The van der Waals surface area contributed by atoms with E-state index in [9.17, 15) is 4.79 Å². The molecule has 19 heavy (non-hydrogen) atoms. The Hall–Kier alpha value is -0.590. The van der Waals surface area contributed by atoms with Crippen LogP contribution in [-0.4, -0.2) is 37.0 Å². The van der Waals surface area contributed by atoms with E-state index in [1.54, 1.807) is 11.9 Å². The lowest BCUT2D eigenvalue weighted by molar-refractivity contribution is -0.132. The minimum atomic E-state index is -0.391. The van der Waals surface area contributed by atoms with Gasteiger partial charge in [0, 0.05) is 20.0 Å². The van der Waals surface area contributed by atoms with E-state index in [-0.39, 0.29) is 5.91 Å². The smallest absolute Gasteiger partial charge is 0.263 e. The van der Waals surface area contributed by atoms with Gasteiger partial charge in [0.05, 0.1) is 8.95 Å². The summed E-state index contributed by atoms with van der Waals surface area (Å²) in [5, 5.41) is 0. The number of nitrogens with zero attached hydrogens (tertiary/aromatic N) is 1. The van der Waals surface area contributed by atoms with Crippen LogP contribution in [0.3, 0.4) is 0 Å². The molecule has 2 N–H and O–H groups in total. The van der Waals surface area contributed by atoms with E-state index in [4.69, 9.17) is 10.5 Å². The van der Waals surface area contributed by atoms with Crippen LogP contribution in [-0.2, 0) is 11.2 Å². The van der Waals surface area contributed by atoms with Crippen LogP contribution in [0.2, 0.25) is 0 Å². The number of rotatable bonds is 4. The molecule has 1 unspecified atom stereocenters. The highest BCUT2D eigenvalue weighted by molar-refractivity contribution is 9.11. The first-order chi connectivity index (χ1) is 9.02. The standard InChI is InChI=1S/C13H16Br2N2O2/c1-17-5-3-11(13(17)18)19-12-9(14)6-8(2-4-16)7-10(12)15/h6-7,11H,2-5,16H2,1H3. The third-order valence-corrected chi connectivity index (χ3v) is 4.31. The number of likely N-dealkylation sites (tertiary alicyclic amines) is 1. The lowest BCUT2D eigenvalue weighted by atomic mass is 10.1. The molecule has 1 aliphatic rings. The van der Waals surface area contributed by atoms with Crippen LogP contribution in [0.4, 0.5) is 0 Å². The number of nitrogens with two attached hydrogens (primary N) is 1. The molecule has 1 aliphatic heterocycles. The van der Waals surface area contributed by atoms with Crippen molar-refractivity contribution >= 4 is 37.8 Å². The van der Waals surface area contributed by atoms with Crippen molar-refractivity contribution in [1.82, 2.24) is 4.90 Å². The SMILES string of the molecule is CN1CCC(Oc2c(Br)cc(CCN)cc2Br)C1=O. The van der Waals surface area contributed by atoms with Gasteiger partial charge in [0.2, 0.25) is 0 Å². The fourth-order valence-corrected chi connectivity index (χ4v) is 3.55. The zero-order valence-corrected chi connectivity index (χ0v) is 13.8. The molecule has 0 aromatic heterocycles. The van der Waals surface area contributed by atoms with Crippen molar-refractivity contribution in [3.05, 3.63) is 26.6 Å². The first-order valence-electron chi connectivity index (χ1n) is 6.12. The maximum Gasteiger partial charge on any atom is 0.263 e. The van der Waals surface area contributed by atoms with E-state index in [1.165, 1.54) is 0 Å². The van der Waals surface area contributed by atoms with Gasteiger partial charge >= 0.3 is 0 Å². The van der Waals surface area contributed by atoms with Gasteiger partial charge in [-0.15, -0.1) is 0 Å². The summed E-state index contributed by atoms with van der Waals surface area (Å²) in [5.41, 5.74) is 6.68. The van der Waals surface area contributed by atoms with E-state index in [1.807, 2.05) is 12.1 Å². The Morgan fingerprint density at radius 1 is 1.42 bits per heavy atom. The summed E-state index contributed by atoms with van der Waals surface area (Å²) >= 11 is 6.98. The van der Waals surface area contributed by atoms with Gasteiger partial charge in [-0.3, -0.25) is 4.79 Å². The molecular formula is C13H16Br2N2O2. The average Bonchev–Trinajstić information content (AvgIpc) is 2.66. The van der Waals surface area contributed by atoms with Gasteiger partial charge in [-0.2, -0.15) is 0 Å². The summed E-state index contributed by atoms with van der Waals surface area (Å²) in [5.74, 6) is 0.708. The highest BCUT2D eigenvalue weighted by atomic mass is 79.9. The number of hydrogen-bond acceptors (Lipinski definition) is 3. The molecule has 0 spiro atoms. The zero-order valence-electron chi connectivity index (χ0n) is 10.7. The molecule has 0 saturated carbocycles. The maximum atomic E-state index is 11.9. The molecule has 0 bridgehead atoms. The molecule has 1 aromatic rings. The number of carbonyl (C=O) groups is 1. The number of ether oxygens (including phenoxy) is 1. The number of halogens is 2. The van der Waals surface area contributed by atoms with Gasteiger partial charge in [0.1, 0.15) is 5.75 Å². The van der Waals surface area contributed by atoms with Crippen molar-refractivity contribution in [2.75, 3.05) is 20.1 Å². The van der Waals surface area contributed by atoms with E-state index in [2.05, 4.69) is 31.9 Å². The van der Waals surface area contributed by atoms with Crippen molar-refractivity contribution in [2.45, 2.75) is 18.9 Å². The predicted octanol–water partition coefficient (Wildman–Crippen LogP) is 2.32. The zero-order chi connectivity index (χ0) is 14.0. The molecule has 2 rings (SSSR count). The Morgan fingerprint density at radius 3 is 2.53 bits per heavy atom. The lowest BCUT2D eigenvalue weighted by Gasteiger charge is -2.16. The fraction of sp³-hybridized carbons (Fsp3) is 0.462. The van der Waals surface area contributed by atoms with Crippen LogP contribution in [0, 0.1) is 0 Å². The molecule has 1 atom stereocenters. The molecule has 0 aliphatic carbocycles. The summed E-state index contributed by atoms with van der Waals surface area (Å²) in [6.07, 6.45) is 1.14. The maximum absolute atomic E-state index is 11.9. The van der Waals surface area contributed by atoms with Crippen LogP contribution in [0.1, 0.15) is 12.0 Å². The van der Waals surface area contributed by atoms with Gasteiger partial charge in [-0.05, 0) is 62.5 Å². The van der Waals surface area contributed by atoms with E-state index in [0.29, 0.717) is 12.3 Å². The molecular weight excluding hydrogens is 376 g/mol. The second kappa shape index (κ2) is 6.24. The van der Waals surface area contributed by atoms with Crippen LogP contribution in [0.25, 0.3) is 0 Å². The molecule has 4 nitrogen and oxygen atoms in total. The Morgan fingerprint density at radius 2 is 2.05 bits per heavy atom. The quantitative estimate of drug-likeness (QED) is 0.856. The number of carbonyl (C=O) groups excluding carboxylic acids is 1. The monoisotopic (exact) mass is 390 g/mol. The Balaban J connectivity index is 2.19. The molecule has 1 fully saturated rings. The summed E-state index contributed by atoms with van der Waals surface area (Å²) in [6.45, 7) is 1.34. The van der Waals surface area contributed by atoms with E-state index in [0.717, 1.165) is 33.9 Å². The molecule has 1 heterocycles. The lowest BCUT2D eigenvalue weighted by Crippen LogP contribution is -2.29. The van der Waals surface area contributed by atoms with Gasteiger partial charge in [-0.25, -0.2) is 0 Å². The van der Waals surface area contributed by atoms with Crippen LogP contribution < -0.4 is 10.5 Å². The van der Waals surface area contributed by atoms with E-state index < -0.39 is 6.10 Å². The van der Waals surface area contributed by atoms with Crippen molar-refractivity contribution in [1.29, 1.82) is 0 Å². The molecule has 6 heteroatoms. The number of benzene rings is 1. The van der Waals surface area contributed by atoms with Crippen molar-refractivity contribution in [3.63, 3.8) is 0 Å². The number of likely N-dealkylation sites (N-methyl/N-ethyl adjacent to an activating group) is 1. The highest BCUT2D eigenvalue weighted by Gasteiger charge is 2.31. The Labute approximate surface area is 129 Å². The van der Waals surface area contributed by atoms with Gasteiger partial charge in [-0.1, -0.05) is 0 Å². The molecule has 1 saturated heterocycles. The summed E-state index contributed by atoms with van der Waals surface area (Å²) in [4.78, 5) is 13.5. The molecule has 1 amide bonds. The second-order valence-corrected chi connectivity index (χ2v) is 6.29. The Bertz CT molecular complexity index is 471. The van der Waals surface area contributed by atoms with Crippen molar-refractivity contribution in [2.24, 2.45) is 5.73 Å². The van der Waals surface area contributed by atoms with Crippen LogP contribution in [0.15, 0.2) is 21.1 Å². The van der Waals surface area contributed by atoms with Crippen molar-refractivity contribution in [3.8, 4) is 5.75 Å². The first-order valence-corrected chi connectivity index (χ1v) is 7.71. The van der Waals surface area contributed by atoms with Crippen molar-refractivity contribution < 1.29 is 9.53 Å². The fourth-order valence-electron chi connectivity index (χ4n) is 2.08. The largest absolute Gasteiger partial charge is 0.478 e. The molecule has 104 valence electrons. The minimum absolute atomic E-state index is 0.0323. The van der Waals surface area contributed by atoms with Crippen LogP contribution >= 0.6 is 31.9 Å². The van der Waals surface area contributed by atoms with Gasteiger partial charge in [0.15, 0.2) is 6.10 Å². The third kappa shape index (κ3) is 3.30. The Kier molecular flexibility index (Phi) is 4.86. The third-order valence-electron chi connectivity index (χ3n) is 3.13. The molecule has 0 radical (unpaired) electrons. The topological polar surface area (TPSA) is 55.6 Å². The normalized spacial score (nSPS) is 19.1.